The van der Waals surface area contributed by atoms with Crippen LogP contribution < -0.4 is 5.73 Å². The van der Waals surface area contributed by atoms with Gasteiger partial charge in [-0.1, -0.05) is 42.0 Å². The molecule has 0 aliphatic carbocycles. The molecule has 0 bridgehead atoms. The highest BCUT2D eigenvalue weighted by atomic mass is 16.2. The molecule has 2 aromatic rings. The van der Waals surface area contributed by atoms with Gasteiger partial charge in [-0.2, -0.15) is 0 Å². The molecule has 2 N–H and O–H groups in total. The van der Waals surface area contributed by atoms with Gasteiger partial charge in [0.2, 0.25) is 5.91 Å². The van der Waals surface area contributed by atoms with Gasteiger partial charge in [-0.25, -0.2) is 0 Å². The van der Waals surface area contributed by atoms with Crippen LogP contribution in [0.5, 0.6) is 0 Å². The van der Waals surface area contributed by atoms with E-state index in [0.717, 1.165) is 22.3 Å². The van der Waals surface area contributed by atoms with Crippen LogP contribution >= 0.6 is 0 Å². The summed E-state index contributed by atoms with van der Waals surface area (Å²) in [5.41, 5.74) is 10.4. The minimum Gasteiger partial charge on any atom is -0.368 e. The first kappa shape index (κ1) is 15.3. The third-order valence-corrected chi connectivity index (χ3v) is 4.45. The molecule has 0 unspecified atom stereocenters. The Labute approximate surface area is 135 Å². The molecule has 2 aromatic carbocycles. The zero-order valence-corrected chi connectivity index (χ0v) is 13.4. The number of amides is 2. The molecular formula is C19H20N2O2. The maximum atomic E-state index is 13.0. The Morgan fingerprint density at radius 2 is 1.78 bits per heavy atom. The van der Waals surface area contributed by atoms with Crippen LogP contribution in [-0.2, 0) is 17.8 Å². The normalized spacial score (nSPS) is 16.8. The van der Waals surface area contributed by atoms with Gasteiger partial charge in [0.05, 0.1) is 0 Å². The van der Waals surface area contributed by atoms with E-state index in [1.165, 1.54) is 0 Å². The van der Waals surface area contributed by atoms with Gasteiger partial charge in [0.15, 0.2) is 0 Å². The van der Waals surface area contributed by atoms with Crippen LogP contribution in [0.15, 0.2) is 42.5 Å². The van der Waals surface area contributed by atoms with Gasteiger partial charge in [-0.15, -0.1) is 0 Å². The first-order chi connectivity index (χ1) is 11.0. The number of rotatable bonds is 2. The highest BCUT2D eigenvalue weighted by Crippen LogP contribution is 2.25. The van der Waals surface area contributed by atoms with Gasteiger partial charge < -0.3 is 10.6 Å². The second-order valence-corrected chi connectivity index (χ2v) is 6.14. The molecule has 4 heteroatoms. The molecule has 0 radical (unpaired) electrons. The van der Waals surface area contributed by atoms with Crippen LogP contribution in [0, 0.1) is 13.8 Å². The van der Waals surface area contributed by atoms with E-state index in [1.54, 1.807) is 4.90 Å². The van der Waals surface area contributed by atoms with Crippen molar-refractivity contribution < 1.29 is 9.59 Å². The van der Waals surface area contributed by atoms with Crippen molar-refractivity contribution in [3.05, 3.63) is 70.3 Å². The maximum Gasteiger partial charge on any atom is 0.255 e. The van der Waals surface area contributed by atoms with E-state index in [4.69, 9.17) is 5.73 Å². The van der Waals surface area contributed by atoms with Gasteiger partial charge in [0, 0.05) is 18.5 Å². The van der Waals surface area contributed by atoms with Crippen LogP contribution in [0.4, 0.5) is 0 Å². The molecule has 23 heavy (non-hydrogen) atoms. The molecule has 3 rings (SSSR count). The molecule has 4 nitrogen and oxygen atoms in total. The molecule has 118 valence electrons. The Morgan fingerprint density at radius 3 is 2.43 bits per heavy atom. The van der Waals surface area contributed by atoms with Gasteiger partial charge in [-0.3, -0.25) is 9.59 Å². The van der Waals surface area contributed by atoms with Crippen molar-refractivity contribution in [1.29, 1.82) is 0 Å². The lowest BCUT2D eigenvalue weighted by Gasteiger charge is -2.35. The predicted molar refractivity (Wildman–Crippen MR) is 88.9 cm³/mol. The maximum absolute atomic E-state index is 13.0. The van der Waals surface area contributed by atoms with Crippen molar-refractivity contribution in [3.63, 3.8) is 0 Å². The average Bonchev–Trinajstić information content (AvgIpc) is 2.53. The van der Waals surface area contributed by atoms with E-state index in [9.17, 15) is 9.59 Å². The standard InChI is InChI=1S/C19H20N2O2/c1-12-7-8-16(13(2)9-12)19(23)21-11-15-6-4-3-5-14(15)10-17(21)18(20)22/h3-9,17H,10-11H2,1-2H3,(H2,20,22)/t17-/m0/s1. The topological polar surface area (TPSA) is 63.4 Å². The van der Waals surface area contributed by atoms with E-state index in [-0.39, 0.29) is 5.91 Å². The van der Waals surface area contributed by atoms with Crippen LogP contribution in [0.25, 0.3) is 0 Å². The number of benzene rings is 2. The molecule has 0 aromatic heterocycles. The summed E-state index contributed by atoms with van der Waals surface area (Å²) in [6, 6.07) is 13.0. The number of carbonyl (C=O) groups is 2. The van der Waals surface area contributed by atoms with Gasteiger partial charge >= 0.3 is 0 Å². The third-order valence-electron chi connectivity index (χ3n) is 4.45. The highest BCUT2D eigenvalue weighted by Gasteiger charge is 2.34. The summed E-state index contributed by atoms with van der Waals surface area (Å²) < 4.78 is 0. The van der Waals surface area contributed by atoms with Crippen molar-refractivity contribution in [2.24, 2.45) is 5.73 Å². The first-order valence-corrected chi connectivity index (χ1v) is 7.71. The zero-order chi connectivity index (χ0) is 16.6. The minimum absolute atomic E-state index is 0.138. The highest BCUT2D eigenvalue weighted by molar-refractivity contribution is 5.98. The summed E-state index contributed by atoms with van der Waals surface area (Å²) in [6.07, 6.45) is 0.474. The second-order valence-electron chi connectivity index (χ2n) is 6.14. The van der Waals surface area contributed by atoms with E-state index in [0.29, 0.717) is 18.5 Å². The Morgan fingerprint density at radius 1 is 1.09 bits per heavy atom. The summed E-state index contributed by atoms with van der Waals surface area (Å²) in [6.45, 7) is 4.32. The molecule has 1 heterocycles. The van der Waals surface area contributed by atoms with Crippen molar-refractivity contribution in [2.45, 2.75) is 32.9 Å². The lowest BCUT2D eigenvalue weighted by Crippen LogP contribution is -2.51. The van der Waals surface area contributed by atoms with Crippen molar-refractivity contribution in [1.82, 2.24) is 4.90 Å². The van der Waals surface area contributed by atoms with Crippen LogP contribution in [0.3, 0.4) is 0 Å². The second kappa shape index (κ2) is 5.88. The largest absolute Gasteiger partial charge is 0.368 e. The number of nitrogens with two attached hydrogens (primary N) is 1. The average molecular weight is 308 g/mol. The fourth-order valence-corrected chi connectivity index (χ4v) is 3.20. The summed E-state index contributed by atoms with van der Waals surface area (Å²) in [5, 5.41) is 0. The Hall–Kier alpha value is -2.62. The smallest absolute Gasteiger partial charge is 0.255 e. The van der Waals surface area contributed by atoms with Crippen molar-refractivity contribution in [2.75, 3.05) is 0 Å². The number of nitrogens with zero attached hydrogens (tertiary/aromatic N) is 1. The number of fused-ring (bicyclic) bond motifs is 1. The third kappa shape index (κ3) is 2.84. The molecular weight excluding hydrogens is 288 g/mol. The fourth-order valence-electron chi connectivity index (χ4n) is 3.20. The van der Waals surface area contributed by atoms with Gasteiger partial charge in [0.1, 0.15) is 6.04 Å². The van der Waals surface area contributed by atoms with E-state index < -0.39 is 11.9 Å². The lowest BCUT2D eigenvalue weighted by molar-refractivity contribution is -0.122. The molecule has 0 fully saturated rings. The van der Waals surface area contributed by atoms with E-state index >= 15 is 0 Å². The molecule has 1 aliphatic heterocycles. The molecule has 2 amide bonds. The van der Waals surface area contributed by atoms with Gasteiger partial charge in [0.25, 0.3) is 5.91 Å². The zero-order valence-electron chi connectivity index (χ0n) is 13.4. The number of carbonyl (C=O) groups excluding carboxylic acids is 2. The van der Waals surface area contributed by atoms with Crippen molar-refractivity contribution >= 4 is 11.8 Å². The van der Waals surface area contributed by atoms with E-state index in [1.807, 2.05) is 56.3 Å². The minimum atomic E-state index is -0.599. The lowest BCUT2D eigenvalue weighted by atomic mass is 9.92. The number of hydrogen-bond acceptors (Lipinski definition) is 2. The fraction of sp³-hybridized carbons (Fsp3) is 0.263. The quantitative estimate of drug-likeness (QED) is 0.925. The van der Waals surface area contributed by atoms with Gasteiger partial charge in [-0.05, 0) is 36.6 Å². The molecule has 0 spiro atoms. The molecule has 1 atom stereocenters. The monoisotopic (exact) mass is 308 g/mol. The molecule has 0 saturated carbocycles. The number of aryl methyl sites for hydroxylation is 2. The Bertz CT molecular complexity index is 783. The Balaban J connectivity index is 1.99. The molecule has 0 saturated heterocycles. The van der Waals surface area contributed by atoms with Crippen molar-refractivity contribution in [3.8, 4) is 0 Å². The number of hydrogen-bond donors (Lipinski definition) is 1. The summed E-state index contributed by atoms with van der Waals surface area (Å²) in [4.78, 5) is 26.5. The summed E-state index contributed by atoms with van der Waals surface area (Å²) >= 11 is 0. The summed E-state index contributed by atoms with van der Waals surface area (Å²) in [5.74, 6) is -0.599. The van der Waals surface area contributed by atoms with Crippen LogP contribution in [-0.4, -0.2) is 22.8 Å². The predicted octanol–water partition coefficient (Wildman–Crippen LogP) is 2.36. The Kier molecular flexibility index (Phi) is 3.90. The SMILES string of the molecule is Cc1ccc(C(=O)N2Cc3ccccc3C[C@H]2C(N)=O)c(C)c1. The van der Waals surface area contributed by atoms with E-state index in [2.05, 4.69) is 0 Å². The van der Waals surface area contributed by atoms with Crippen LogP contribution in [0.1, 0.15) is 32.6 Å². The molecule has 1 aliphatic rings. The number of primary amides is 1. The van der Waals surface area contributed by atoms with Crippen LogP contribution in [0.2, 0.25) is 0 Å². The first-order valence-electron chi connectivity index (χ1n) is 7.71. The summed E-state index contributed by atoms with van der Waals surface area (Å²) in [7, 11) is 0.